The molecule has 1 fully saturated rings. The first-order valence-electron chi connectivity index (χ1n) is 6.31. The number of pyridine rings is 1. The standard InChI is InChI=1S/C13H19N3OS/c1-10(11-4-6-14-7-5-11)16-13(18)15-9-12-3-2-8-17-12/h4-7,10,12H,2-3,8-9H2,1H3,(H2,15,16,18)/t10-,12-/m0/s1. The second kappa shape index (κ2) is 6.66. The molecule has 0 aromatic carbocycles. The number of nitrogens with zero attached hydrogens (tertiary/aromatic N) is 1. The summed E-state index contributed by atoms with van der Waals surface area (Å²) in [6.45, 7) is 3.74. The Morgan fingerprint density at radius 3 is 3.00 bits per heavy atom. The monoisotopic (exact) mass is 265 g/mol. The first-order chi connectivity index (χ1) is 8.75. The summed E-state index contributed by atoms with van der Waals surface area (Å²) in [5.74, 6) is 0. The molecule has 1 aromatic heterocycles. The maximum absolute atomic E-state index is 5.53. The van der Waals surface area contributed by atoms with E-state index in [2.05, 4.69) is 22.5 Å². The second-order valence-electron chi connectivity index (χ2n) is 4.49. The van der Waals surface area contributed by atoms with Crippen LogP contribution in [0.2, 0.25) is 0 Å². The fourth-order valence-electron chi connectivity index (χ4n) is 1.99. The van der Waals surface area contributed by atoms with E-state index in [1.165, 1.54) is 5.56 Å². The Morgan fingerprint density at radius 2 is 2.33 bits per heavy atom. The van der Waals surface area contributed by atoms with Crippen molar-refractivity contribution in [2.75, 3.05) is 13.2 Å². The van der Waals surface area contributed by atoms with Crippen LogP contribution in [0.25, 0.3) is 0 Å². The molecule has 1 aliphatic rings. The topological polar surface area (TPSA) is 46.2 Å². The smallest absolute Gasteiger partial charge is 0.166 e. The summed E-state index contributed by atoms with van der Waals surface area (Å²) in [6.07, 6.45) is 6.16. The summed E-state index contributed by atoms with van der Waals surface area (Å²) < 4.78 is 5.53. The van der Waals surface area contributed by atoms with Gasteiger partial charge in [0, 0.05) is 25.5 Å². The summed E-state index contributed by atoms with van der Waals surface area (Å²) in [5.41, 5.74) is 1.17. The predicted octanol–water partition coefficient (Wildman–Crippen LogP) is 1.79. The van der Waals surface area contributed by atoms with E-state index >= 15 is 0 Å². The van der Waals surface area contributed by atoms with Crippen molar-refractivity contribution in [1.29, 1.82) is 0 Å². The largest absolute Gasteiger partial charge is 0.376 e. The normalized spacial score (nSPS) is 20.4. The quantitative estimate of drug-likeness (QED) is 0.813. The molecule has 0 saturated carbocycles. The summed E-state index contributed by atoms with van der Waals surface area (Å²) >= 11 is 5.27. The van der Waals surface area contributed by atoms with Gasteiger partial charge in [0.1, 0.15) is 0 Å². The third-order valence-corrected chi connectivity index (χ3v) is 3.33. The van der Waals surface area contributed by atoms with Crippen LogP contribution in [0.15, 0.2) is 24.5 Å². The van der Waals surface area contributed by atoms with Crippen LogP contribution in [0.1, 0.15) is 31.4 Å². The second-order valence-corrected chi connectivity index (χ2v) is 4.90. The molecule has 0 bridgehead atoms. The SMILES string of the molecule is C[C@H](NC(=S)NC[C@@H]1CCCO1)c1ccncc1. The van der Waals surface area contributed by atoms with E-state index in [-0.39, 0.29) is 6.04 Å². The van der Waals surface area contributed by atoms with Gasteiger partial charge in [0.05, 0.1) is 12.1 Å². The molecule has 1 aromatic rings. The molecule has 1 saturated heterocycles. The van der Waals surface area contributed by atoms with Crippen molar-refractivity contribution in [2.24, 2.45) is 0 Å². The van der Waals surface area contributed by atoms with Crippen molar-refractivity contribution in [3.8, 4) is 0 Å². The Hall–Kier alpha value is -1.20. The fraction of sp³-hybridized carbons (Fsp3) is 0.538. The molecule has 2 atom stereocenters. The summed E-state index contributed by atoms with van der Waals surface area (Å²) in [7, 11) is 0. The lowest BCUT2D eigenvalue weighted by Gasteiger charge is -2.18. The highest BCUT2D eigenvalue weighted by Gasteiger charge is 2.15. The van der Waals surface area contributed by atoms with Gasteiger partial charge in [-0.1, -0.05) is 0 Å². The van der Waals surface area contributed by atoms with E-state index in [1.807, 2.05) is 12.1 Å². The lowest BCUT2D eigenvalue weighted by molar-refractivity contribution is 0.114. The number of hydrogen-bond donors (Lipinski definition) is 2. The Morgan fingerprint density at radius 1 is 1.56 bits per heavy atom. The van der Waals surface area contributed by atoms with Crippen LogP contribution in [0.4, 0.5) is 0 Å². The summed E-state index contributed by atoms with van der Waals surface area (Å²) in [5, 5.41) is 7.14. The first kappa shape index (κ1) is 13.2. The van der Waals surface area contributed by atoms with E-state index in [0.717, 1.165) is 26.0 Å². The first-order valence-corrected chi connectivity index (χ1v) is 6.72. The van der Waals surface area contributed by atoms with Crippen molar-refractivity contribution < 1.29 is 4.74 Å². The molecule has 0 unspecified atom stereocenters. The Kier molecular flexibility index (Phi) is 4.90. The highest BCUT2D eigenvalue weighted by Crippen LogP contribution is 2.11. The molecular weight excluding hydrogens is 246 g/mol. The number of hydrogen-bond acceptors (Lipinski definition) is 3. The maximum atomic E-state index is 5.53. The molecule has 5 heteroatoms. The molecule has 1 aliphatic heterocycles. The Labute approximate surface area is 113 Å². The maximum Gasteiger partial charge on any atom is 0.166 e. The molecule has 2 heterocycles. The van der Waals surface area contributed by atoms with Gasteiger partial charge in [-0.3, -0.25) is 4.98 Å². The van der Waals surface area contributed by atoms with Gasteiger partial charge in [0.25, 0.3) is 0 Å². The van der Waals surface area contributed by atoms with Gasteiger partial charge in [-0.15, -0.1) is 0 Å². The van der Waals surface area contributed by atoms with Crippen molar-refractivity contribution in [3.05, 3.63) is 30.1 Å². The van der Waals surface area contributed by atoms with Gasteiger partial charge < -0.3 is 15.4 Å². The van der Waals surface area contributed by atoms with E-state index in [9.17, 15) is 0 Å². The average Bonchev–Trinajstić information content (AvgIpc) is 2.90. The number of thiocarbonyl (C=S) groups is 1. The number of ether oxygens (including phenoxy) is 1. The van der Waals surface area contributed by atoms with E-state index in [4.69, 9.17) is 17.0 Å². The summed E-state index contributed by atoms with van der Waals surface area (Å²) in [6, 6.07) is 4.15. The highest BCUT2D eigenvalue weighted by atomic mass is 32.1. The van der Waals surface area contributed by atoms with Crippen molar-refractivity contribution >= 4 is 17.3 Å². The van der Waals surface area contributed by atoms with Gasteiger partial charge in [-0.05, 0) is 49.7 Å². The van der Waals surface area contributed by atoms with Crippen LogP contribution in [0, 0.1) is 0 Å². The van der Waals surface area contributed by atoms with Gasteiger partial charge in [0.15, 0.2) is 5.11 Å². The lowest BCUT2D eigenvalue weighted by atomic mass is 10.1. The van der Waals surface area contributed by atoms with Crippen LogP contribution in [0.3, 0.4) is 0 Å². The number of aromatic nitrogens is 1. The minimum Gasteiger partial charge on any atom is -0.376 e. The molecule has 2 N–H and O–H groups in total. The van der Waals surface area contributed by atoms with Gasteiger partial charge in [0.2, 0.25) is 0 Å². The minimum absolute atomic E-state index is 0.178. The summed E-state index contributed by atoms with van der Waals surface area (Å²) in [4.78, 5) is 4.00. The molecule has 0 radical (unpaired) electrons. The van der Waals surface area contributed by atoms with Crippen LogP contribution in [-0.2, 0) is 4.74 Å². The molecule has 2 rings (SSSR count). The predicted molar refractivity (Wildman–Crippen MR) is 75.4 cm³/mol. The van der Waals surface area contributed by atoms with Crippen molar-refractivity contribution in [1.82, 2.24) is 15.6 Å². The zero-order valence-electron chi connectivity index (χ0n) is 10.6. The zero-order chi connectivity index (χ0) is 12.8. The van der Waals surface area contributed by atoms with Crippen molar-refractivity contribution in [2.45, 2.75) is 31.9 Å². The highest BCUT2D eigenvalue weighted by molar-refractivity contribution is 7.80. The Bertz CT molecular complexity index is 379. The lowest BCUT2D eigenvalue weighted by Crippen LogP contribution is -2.40. The molecule has 98 valence electrons. The van der Waals surface area contributed by atoms with Crippen molar-refractivity contribution in [3.63, 3.8) is 0 Å². The fourth-order valence-corrected chi connectivity index (χ4v) is 2.26. The van der Waals surface area contributed by atoms with Gasteiger partial charge >= 0.3 is 0 Å². The zero-order valence-corrected chi connectivity index (χ0v) is 11.4. The van der Waals surface area contributed by atoms with Crippen LogP contribution < -0.4 is 10.6 Å². The van der Waals surface area contributed by atoms with E-state index in [0.29, 0.717) is 11.2 Å². The van der Waals surface area contributed by atoms with Crippen LogP contribution >= 0.6 is 12.2 Å². The average molecular weight is 265 g/mol. The van der Waals surface area contributed by atoms with E-state index in [1.54, 1.807) is 12.4 Å². The molecular formula is C13H19N3OS. The third-order valence-electron chi connectivity index (χ3n) is 3.07. The Balaban J connectivity index is 1.73. The van der Waals surface area contributed by atoms with Crippen LogP contribution in [-0.4, -0.2) is 29.4 Å². The third kappa shape index (κ3) is 3.92. The number of nitrogens with one attached hydrogen (secondary N) is 2. The molecule has 18 heavy (non-hydrogen) atoms. The number of rotatable bonds is 4. The van der Waals surface area contributed by atoms with Gasteiger partial charge in [-0.25, -0.2) is 0 Å². The minimum atomic E-state index is 0.178. The van der Waals surface area contributed by atoms with Crippen LogP contribution in [0.5, 0.6) is 0 Å². The molecule has 0 spiro atoms. The molecule has 0 amide bonds. The molecule has 4 nitrogen and oxygen atoms in total. The van der Waals surface area contributed by atoms with E-state index < -0.39 is 0 Å². The molecule has 0 aliphatic carbocycles. The van der Waals surface area contributed by atoms with Gasteiger partial charge in [-0.2, -0.15) is 0 Å².